The van der Waals surface area contributed by atoms with E-state index in [4.69, 9.17) is 23.7 Å². The summed E-state index contributed by atoms with van der Waals surface area (Å²) in [5, 5.41) is 31.5. The van der Waals surface area contributed by atoms with Crippen LogP contribution in [0.15, 0.2) is 24.0 Å². The summed E-state index contributed by atoms with van der Waals surface area (Å²) in [4.78, 5) is 2.15. The van der Waals surface area contributed by atoms with Crippen LogP contribution in [-0.2, 0) is 23.7 Å². The van der Waals surface area contributed by atoms with E-state index in [1.54, 1.807) is 27.9 Å². The predicted molar refractivity (Wildman–Crippen MR) is 151 cm³/mol. The molecule has 2 aliphatic rings. The van der Waals surface area contributed by atoms with Crippen LogP contribution in [-0.4, -0.2) is 95.9 Å². The molecule has 2 heterocycles. The molecule has 0 bridgehead atoms. The topological polar surface area (TPSA) is 110 Å². The Morgan fingerprint density at radius 1 is 1.26 bits per heavy atom. The van der Waals surface area contributed by atoms with E-state index in [-0.39, 0.29) is 36.5 Å². The van der Waals surface area contributed by atoms with Crippen molar-refractivity contribution in [3.63, 3.8) is 0 Å². The molecule has 0 spiro atoms. The van der Waals surface area contributed by atoms with Crippen molar-refractivity contribution < 1.29 is 39.0 Å². The number of likely N-dealkylation sites (N-methyl/N-ethyl adjacent to an activating group) is 1. The van der Waals surface area contributed by atoms with E-state index >= 15 is 0 Å². The maximum Gasteiger partial charge on any atom is 0.207 e. The summed E-state index contributed by atoms with van der Waals surface area (Å²) < 4.78 is 30.9. The second-order valence-electron chi connectivity index (χ2n) is 12.5. The average Bonchev–Trinajstić information content (AvgIpc) is 2.84. The number of hydrogen-bond donors (Lipinski definition) is 3. The molecule has 0 radical (unpaired) electrons. The summed E-state index contributed by atoms with van der Waals surface area (Å²) in [6.45, 7) is 20.0. The van der Waals surface area contributed by atoms with Crippen LogP contribution in [0.25, 0.3) is 0 Å². The van der Waals surface area contributed by atoms with Gasteiger partial charge in [-0.3, -0.25) is 0 Å². The minimum atomic E-state index is -1.11. The lowest BCUT2D eigenvalue weighted by molar-refractivity contribution is -0.305. The van der Waals surface area contributed by atoms with Gasteiger partial charge in [-0.25, -0.2) is 0 Å². The monoisotopic (exact) mass is 557 g/mol. The van der Waals surface area contributed by atoms with Crippen LogP contribution in [0.1, 0.15) is 74.7 Å². The van der Waals surface area contributed by atoms with Crippen LogP contribution in [0.3, 0.4) is 0 Å². The highest BCUT2D eigenvalue weighted by Crippen LogP contribution is 2.41. The number of aliphatic hydroxyl groups is 3. The summed E-state index contributed by atoms with van der Waals surface area (Å²) in [6.07, 6.45) is 0.488. The molecule has 0 aromatic heterocycles. The van der Waals surface area contributed by atoms with E-state index in [0.717, 1.165) is 13.0 Å². The van der Waals surface area contributed by atoms with E-state index in [0.29, 0.717) is 24.2 Å². The molecule has 0 amide bonds. The fourth-order valence-electron chi connectivity index (χ4n) is 6.08. The van der Waals surface area contributed by atoms with Crippen LogP contribution < -0.4 is 0 Å². The standard InChI is InChI=1S/C30H55NO8/c1-12-13-23(17-32)31(10)16-18(2)15-30(9,35-11)26(37-28-24(33)19(3)14-20(4)36-28)21(5)25-22(6)27(34)39-29(7,8)38-25/h12,18-21,23-24,26-28,32-34H,1,13-17H2,2-11H3/t18-,19+,20-,21+,23+,24-,26-,27?,28+,30-/m1/s1. The Labute approximate surface area is 236 Å². The van der Waals surface area contributed by atoms with Gasteiger partial charge in [0, 0.05) is 45.0 Å². The predicted octanol–water partition coefficient (Wildman–Crippen LogP) is 3.82. The highest BCUT2D eigenvalue weighted by Gasteiger charge is 2.48. The highest BCUT2D eigenvalue weighted by atomic mass is 16.8. The Balaban J connectivity index is 2.43. The van der Waals surface area contributed by atoms with Gasteiger partial charge >= 0.3 is 0 Å². The number of nitrogens with zero attached hydrogens (tertiary/aromatic N) is 1. The van der Waals surface area contributed by atoms with Crippen molar-refractivity contribution in [3.05, 3.63) is 24.0 Å². The summed E-state index contributed by atoms with van der Waals surface area (Å²) in [5.41, 5.74) is -0.243. The second-order valence-corrected chi connectivity index (χ2v) is 12.5. The van der Waals surface area contributed by atoms with E-state index < -0.39 is 36.2 Å². The molecule has 0 aliphatic carbocycles. The second kappa shape index (κ2) is 14.2. The lowest BCUT2D eigenvalue weighted by Crippen LogP contribution is -2.55. The van der Waals surface area contributed by atoms with Gasteiger partial charge in [0.15, 0.2) is 12.6 Å². The molecule has 0 aromatic carbocycles. The number of hydrogen-bond acceptors (Lipinski definition) is 9. The third-order valence-corrected chi connectivity index (χ3v) is 8.29. The number of ether oxygens (including phenoxy) is 5. The van der Waals surface area contributed by atoms with E-state index in [1.807, 2.05) is 40.8 Å². The summed E-state index contributed by atoms with van der Waals surface area (Å²) >= 11 is 0. The van der Waals surface area contributed by atoms with Crippen LogP contribution in [0.2, 0.25) is 0 Å². The van der Waals surface area contributed by atoms with Crippen molar-refractivity contribution >= 4 is 0 Å². The smallest absolute Gasteiger partial charge is 0.207 e. The first-order chi connectivity index (χ1) is 18.1. The highest BCUT2D eigenvalue weighted by molar-refractivity contribution is 5.17. The summed E-state index contributed by atoms with van der Waals surface area (Å²) in [6, 6.07) is -0.00866. The fraction of sp³-hybridized carbons (Fsp3) is 0.867. The zero-order valence-electron chi connectivity index (χ0n) is 25.8. The fourth-order valence-corrected chi connectivity index (χ4v) is 6.08. The minimum Gasteiger partial charge on any atom is -0.467 e. The minimum absolute atomic E-state index is 0.00866. The molecule has 2 rings (SSSR count). The van der Waals surface area contributed by atoms with Gasteiger partial charge in [0.1, 0.15) is 11.9 Å². The van der Waals surface area contributed by atoms with Gasteiger partial charge in [-0.15, -0.1) is 6.58 Å². The van der Waals surface area contributed by atoms with Gasteiger partial charge in [-0.1, -0.05) is 26.8 Å². The molecule has 2 aliphatic heterocycles. The Morgan fingerprint density at radius 2 is 1.90 bits per heavy atom. The van der Waals surface area contributed by atoms with Crippen molar-refractivity contribution in [2.75, 3.05) is 27.3 Å². The summed E-state index contributed by atoms with van der Waals surface area (Å²) in [7, 11) is 3.67. The van der Waals surface area contributed by atoms with Gasteiger partial charge in [0.25, 0.3) is 0 Å². The average molecular weight is 558 g/mol. The molecule has 1 fully saturated rings. The quantitative estimate of drug-likeness (QED) is 0.275. The van der Waals surface area contributed by atoms with Gasteiger partial charge in [-0.2, -0.15) is 0 Å². The molecule has 228 valence electrons. The van der Waals surface area contributed by atoms with Crippen LogP contribution in [0.5, 0.6) is 0 Å². The zero-order chi connectivity index (χ0) is 29.7. The van der Waals surface area contributed by atoms with Gasteiger partial charge < -0.3 is 43.9 Å². The molecule has 10 atom stereocenters. The Bertz CT molecular complexity index is 819. The molecule has 39 heavy (non-hydrogen) atoms. The lowest BCUT2D eigenvalue weighted by atomic mass is 9.80. The van der Waals surface area contributed by atoms with Gasteiger partial charge in [-0.05, 0) is 58.9 Å². The molecule has 9 nitrogen and oxygen atoms in total. The van der Waals surface area contributed by atoms with E-state index in [9.17, 15) is 15.3 Å². The number of aliphatic hydroxyl groups excluding tert-OH is 3. The lowest BCUT2D eigenvalue weighted by Gasteiger charge is -2.47. The molecular formula is C30H55NO8. The van der Waals surface area contributed by atoms with E-state index in [2.05, 4.69) is 18.4 Å². The molecule has 0 saturated carbocycles. The first kappa shape index (κ1) is 34.2. The SMILES string of the molecule is C=CC[C@@H](CO)N(C)C[C@H](C)C[C@@](C)(OC)[C@H](O[C@@H]1O[C@H](C)C[C@H](C)[C@H]1O)[C@@H](C)C1=C(C)C(O)OC(C)(C)O1. The normalized spacial score (nSPS) is 32.2. The largest absolute Gasteiger partial charge is 0.467 e. The van der Waals surface area contributed by atoms with Crippen LogP contribution in [0, 0.1) is 17.8 Å². The van der Waals surface area contributed by atoms with Crippen molar-refractivity contribution in [3.8, 4) is 0 Å². The zero-order valence-corrected chi connectivity index (χ0v) is 25.8. The maximum absolute atomic E-state index is 11.0. The maximum atomic E-state index is 11.0. The van der Waals surface area contributed by atoms with Crippen LogP contribution in [0.4, 0.5) is 0 Å². The van der Waals surface area contributed by atoms with Crippen molar-refractivity contribution in [1.29, 1.82) is 0 Å². The molecule has 1 saturated heterocycles. The molecule has 0 aromatic rings. The summed E-state index contributed by atoms with van der Waals surface area (Å²) in [5.74, 6) is -0.639. The Morgan fingerprint density at radius 3 is 2.46 bits per heavy atom. The van der Waals surface area contributed by atoms with Crippen molar-refractivity contribution in [1.82, 2.24) is 4.90 Å². The number of rotatable bonds is 14. The Hall–Kier alpha value is -1.04. The van der Waals surface area contributed by atoms with E-state index in [1.165, 1.54) is 0 Å². The first-order valence-electron chi connectivity index (χ1n) is 14.3. The first-order valence-corrected chi connectivity index (χ1v) is 14.3. The third-order valence-electron chi connectivity index (χ3n) is 8.29. The van der Waals surface area contributed by atoms with Gasteiger partial charge in [0.05, 0.1) is 24.4 Å². The van der Waals surface area contributed by atoms with Gasteiger partial charge in [0.2, 0.25) is 5.79 Å². The number of methoxy groups -OCH3 is 1. The van der Waals surface area contributed by atoms with Crippen LogP contribution >= 0.6 is 0 Å². The molecular weight excluding hydrogens is 502 g/mol. The molecule has 9 heteroatoms. The Kier molecular flexibility index (Phi) is 12.5. The molecule has 1 unspecified atom stereocenters. The third kappa shape index (κ3) is 8.72. The molecule has 3 N–H and O–H groups in total. The van der Waals surface area contributed by atoms with Crippen molar-refractivity contribution in [2.24, 2.45) is 17.8 Å². The van der Waals surface area contributed by atoms with Crippen molar-refractivity contribution in [2.45, 2.75) is 123 Å².